The molecule has 1 heterocycles. The fraction of sp³-hybridized carbons (Fsp3) is 0.556. The largest absolute Gasteiger partial charge is 0.249 e. The minimum absolute atomic E-state index is 1.10. The van der Waals surface area contributed by atoms with Gasteiger partial charge in [0.2, 0.25) is 0 Å². The van der Waals surface area contributed by atoms with Gasteiger partial charge in [0.05, 0.1) is 6.20 Å². The predicted molar refractivity (Wildman–Crippen MR) is 44.0 cm³/mol. The zero-order valence-electron chi connectivity index (χ0n) is 7.25. The highest BCUT2D eigenvalue weighted by atomic mass is 14.9. The molecule has 2 nitrogen and oxygen atoms in total. The maximum absolute atomic E-state index is 4.26. The van der Waals surface area contributed by atoms with Gasteiger partial charge in [0.25, 0.3) is 0 Å². The van der Waals surface area contributed by atoms with Crippen LogP contribution in [0.2, 0.25) is 0 Å². The number of nitrogens with zero attached hydrogens (tertiary/aromatic N) is 2. The summed E-state index contributed by atoms with van der Waals surface area (Å²) in [4.78, 5) is 4.26. The number of hydrogen-bond donors (Lipinski definition) is 0. The average Bonchev–Trinajstić information content (AvgIpc) is 2.01. The highest BCUT2D eigenvalue weighted by Crippen LogP contribution is 1.97. The Kier molecular flexibility index (Phi) is 3.02. The molecule has 1 rings (SSSR count). The van der Waals surface area contributed by atoms with Gasteiger partial charge in [-0.2, -0.15) is 0 Å². The SMILES string of the molecule is CCCCc1c[n+](C)ccn1. The minimum atomic E-state index is 1.10. The molecule has 1 aromatic rings. The van der Waals surface area contributed by atoms with Crippen LogP contribution in [0.15, 0.2) is 18.6 Å². The van der Waals surface area contributed by atoms with Gasteiger partial charge in [0, 0.05) is 0 Å². The maximum Gasteiger partial charge on any atom is 0.190 e. The third kappa shape index (κ3) is 2.66. The quantitative estimate of drug-likeness (QED) is 0.594. The summed E-state index contributed by atoms with van der Waals surface area (Å²) >= 11 is 0. The van der Waals surface area contributed by atoms with Crippen molar-refractivity contribution in [2.75, 3.05) is 0 Å². The van der Waals surface area contributed by atoms with Crippen LogP contribution in [0.1, 0.15) is 25.5 Å². The molecular formula is C9H15N2+. The van der Waals surface area contributed by atoms with Gasteiger partial charge < -0.3 is 0 Å². The van der Waals surface area contributed by atoms with Gasteiger partial charge in [-0.1, -0.05) is 13.3 Å². The van der Waals surface area contributed by atoms with Crippen molar-refractivity contribution in [2.45, 2.75) is 26.2 Å². The second-order valence-electron chi connectivity index (χ2n) is 2.82. The molecule has 0 spiro atoms. The van der Waals surface area contributed by atoms with Crippen molar-refractivity contribution >= 4 is 0 Å². The normalized spacial score (nSPS) is 10.0. The number of unbranched alkanes of at least 4 members (excludes halogenated alkanes) is 1. The van der Waals surface area contributed by atoms with Crippen LogP contribution in [-0.2, 0) is 13.5 Å². The topological polar surface area (TPSA) is 16.8 Å². The average molecular weight is 151 g/mol. The van der Waals surface area contributed by atoms with Crippen molar-refractivity contribution in [2.24, 2.45) is 7.05 Å². The molecule has 11 heavy (non-hydrogen) atoms. The highest BCUT2D eigenvalue weighted by Gasteiger charge is 1.97. The molecule has 0 aliphatic rings. The Hall–Kier alpha value is -0.920. The maximum atomic E-state index is 4.26. The molecule has 0 unspecified atom stereocenters. The first-order valence-corrected chi connectivity index (χ1v) is 4.13. The summed E-state index contributed by atoms with van der Waals surface area (Å²) in [6.45, 7) is 2.20. The zero-order valence-corrected chi connectivity index (χ0v) is 7.25. The van der Waals surface area contributed by atoms with E-state index in [9.17, 15) is 0 Å². The molecule has 0 atom stereocenters. The lowest BCUT2D eigenvalue weighted by Crippen LogP contribution is -2.27. The van der Waals surface area contributed by atoms with Crippen LogP contribution >= 0.6 is 0 Å². The van der Waals surface area contributed by atoms with Crippen LogP contribution < -0.4 is 4.57 Å². The van der Waals surface area contributed by atoms with E-state index in [1.165, 1.54) is 18.5 Å². The lowest BCUT2D eigenvalue weighted by Gasteiger charge is -1.94. The van der Waals surface area contributed by atoms with Crippen LogP contribution in [0.4, 0.5) is 0 Å². The first-order valence-electron chi connectivity index (χ1n) is 4.13. The predicted octanol–water partition coefficient (Wildman–Crippen LogP) is 1.25. The first kappa shape index (κ1) is 8.18. The summed E-state index contributed by atoms with van der Waals surface area (Å²) < 4.78 is 2.04. The fourth-order valence-corrected chi connectivity index (χ4v) is 1.03. The van der Waals surface area contributed by atoms with Crippen molar-refractivity contribution in [3.63, 3.8) is 0 Å². The number of aryl methyl sites for hydroxylation is 2. The molecule has 0 radical (unpaired) electrons. The van der Waals surface area contributed by atoms with E-state index in [0.29, 0.717) is 0 Å². The van der Waals surface area contributed by atoms with Crippen molar-refractivity contribution < 1.29 is 4.57 Å². The molecule has 0 bridgehead atoms. The molecule has 0 aromatic carbocycles. The zero-order chi connectivity index (χ0) is 8.10. The van der Waals surface area contributed by atoms with Gasteiger partial charge in [-0.15, -0.1) is 0 Å². The van der Waals surface area contributed by atoms with Crippen LogP contribution in [0, 0.1) is 0 Å². The van der Waals surface area contributed by atoms with Gasteiger partial charge in [-0.25, -0.2) is 9.55 Å². The van der Waals surface area contributed by atoms with E-state index in [2.05, 4.69) is 18.1 Å². The Morgan fingerprint density at radius 2 is 2.36 bits per heavy atom. The summed E-state index contributed by atoms with van der Waals surface area (Å²) in [5.41, 5.74) is 1.19. The van der Waals surface area contributed by atoms with Crippen LogP contribution in [-0.4, -0.2) is 4.98 Å². The Bertz CT molecular complexity index is 221. The Morgan fingerprint density at radius 3 is 3.00 bits per heavy atom. The van der Waals surface area contributed by atoms with Crippen molar-refractivity contribution in [1.82, 2.24) is 4.98 Å². The Morgan fingerprint density at radius 1 is 1.55 bits per heavy atom. The molecule has 1 aromatic heterocycles. The molecule has 0 N–H and O–H groups in total. The third-order valence-electron chi connectivity index (χ3n) is 1.68. The molecule has 0 saturated carbocycles. The summed E-state index contributed by atoms with van der Waals surface area (Å²) in [7, 11) is 2.02. The van der Waals surface area contributed by atoms with E-state index in [-0.39, 0.29) is 0 Å². The second-order valence-corrected chi connectivity index (χ2v) is 2.82. The Labute approximate surface area is 67.9 Å². The molecule has 0 aliphatic carbocycles. The third-order valence-corrected chi connectivity index (χ3v) is 1.68. The summed E-state index contributed by atoms with van der Waals surface area (Å²) in [6.07, 6.45) is 9.46. The van der Waals surface area contributed by atoms with Gasteiger partial charge in [0.15, 0.2) is 12.4 Å². The van der Waals surface area contributed by atoms with Gasteiger partial charge in [0.1, 0.15) is 12.7 Å². The number of hydrogen-bond acceptors (Lipinski definition) is 1. The van der Waals surface area contributed by atoms with Crippen LogP contribution in [0.25, 0.3) is 0 Å². The Balaban J connectivity index is 2.56. The van der Waals surface area contributed by atoms with E-state index in [0.717, 1.165) is 6.42 Å². The second kappa shape index (κ2) is 4.06. The summed E-state index contributed by atoms with van der Waals surface area (Å²) in [6, 6.07) is 0. The number of rotatable bonds is 3. The molecule has 0 saturated heterocycles. The summed E-state index contributed by atoms with van der Waals surface area (Å²) in [5.74, 6) is 0. The molecule has 60 valence electrons. The molecular weight excluding hydrogens is 136 g/mol. The molecule has 0 fully saturated rings. The minimum Gasteiger partial charge on any atom is -0.249 e. The van der Waals surface area contributed by atoms with Crippen molar-refractivity contribution in [3.05, 3.63) is 24.3 Å². The highest BCUT2D eigenvalue weighted by molar-refractivity contribution is 4.89. The van der Waals surface area contributed by atoms with Gasteiger partial charge in [-0.05, 0) is 12.8 Å². The fourth-order valence-electron chi connectivity index (χ4n) is 1.03. The smallest absolute Gasteiger partial charge is 0.190 e. The van der Waals surface area contributed by atoms with Crippen LogP contribution in [0.3, 0.4) is 0 Å². The number of aromatic nitrogens is 2. The van der Waals surface area contributed by atoms with E-state index in [4.69, 9.17) is 0 Å². The van der Waals surface area contributed by atoms with Gasteiger partial charge >= 0.3 is 0 Å². The van der Waals surface area contributed by atoms with E-state index in [1.807, 2.05) is 24.0 Å². The molecule has 0 aliphatic heterocycles. The van der Waals surface area contributed by atoms with E-state index >= 15 is 0 Å². The molecule has 0 amide bonds. The first-order chi connectivity index (χ1) is 5.33. The van der Waals surface area contributed by atoms with Crippen molar-refractivity contribution in [1.29, 1.82) is 0 Å². The van der Waals surface area contributed by atoms with Gasteiger partial charge in [-0.3, -0.25) is 0 Å². The van der Waals surface area contributed by atoms with Crippen molar-refractivity contribution in [3.8, 4) is 0 Å². The monoisotopic (exact) mass is 151 g/mol. The lowest BCUT2D eigenvalue weighted by molar-refractivity contribution is -0.672. The summed E-state index contributed by atoms with van der Waals surface area (Å²) in [5, 5.41) is 0. The molecule has 2 heteroatoms. The van der Waals surface area contributed by atoms with Crippen LogP contribution in [0.5, 0.6) is 0 Å². The van der Waals surface area contributed by atoms with E-state index < -0.39 is 0 Å². The lowest BCUT2D eigenvalue weighted by atomic mass is 10.2. The van der Waals surface area contributed by atoms with E-state index in [1.54, 1.807) is 0 Å². The standard InChI is InChI=1S/C9H15N2/c1-3-4-5-9-8-11(2)7-6-10-9/h6-8H,3-5H2,1-2H3/q+1.